The number of nitrogens with one attached hydrogen (secondary N) is 1. The second-order valence-corrected chi connectivity index (χ2v) is 9.61. The second kappa shape index (κ2) is 8.75. The molecule has 0 unspecified atom stereocenters. The molecule has 2 heterocycles. The van der Waals surface area contributed by atoms with E-state index in [9.17, 15) is 13.2 Å². The zero-order valence-electron chi connectivity index (χ0n) is 17.1. The van der Waals surface area contributed by atoms with E-state index < -0.39 is 10.0 Å². The monoisotopic (exact) mass is 429 g/mol. The zero-order valence-corrected chi connectivity index (χ0v) is 18.0. The predicted molar refractivity (Wildman–Crippen MR) is 116 cm³/mol. The van der Waals surface area contributed by atoms with Crippen molar-refractivity contribution >= 4 is 27.3 Å². The molecule has 4 rings (SSSR count). The fourth-order valence-corrected chi connectivity index (χ4v) is 5.69. The van der Waals surface area contributed by atoms with E-state index in [2.05, 4.69) is 16.3 Å². The van der Waals surface area contributed by atoms with Crippen LogP contribution in [-0.4, -0.2) is 58.0 Å². The Bertz CT molecular complexity index is 1030. The number of amides is 1. The van der Waals surface area contributed by atoms with E-state index in [1.165, 1.54) is 9.87 Å². The number of carbonyl (C=O) groups excluding carboxylic acids is 1. The predicted octanol–water partition coefficient (Wildman–Crippen LogP) is 2.41. The number of anilines is 2. The molecule has 1 amide bonds. The number of hydrogen-bond donors (Lipinski definition) is 1. The van der Waals surface area contributed by atoms with Gasteiger partial charge in [0.15, 0.2) is 0 Å². The molecule has 0 spiro atoms. The first-order chi connectivity index (χ1) is 14.4. The Labute approximate surface area is 177 Å². The van der Waals surface area contributed by atoms with Crippen molar-refractivity contribution in [2.24, 2.45) is 0 Å². The molecule has 1 saturated heterocycles. The summed E-state index contributed by atoms with van der Waals surface area (Å²) in [5.41, 5.74) is 3.50. The maximum atomic E-state index is 13.0. The van der Waals surface area contributed by atoms with Crippen LogP contribution in [0.15, 0.2) is 47.4 Å². The number of morpholine rings is 1. The van der Waals surface area contributed by atoms with Crippen molar-refractivity contribution in [3.63, 3.8) is 0 Å². The topological polar surface area (TPSA) is 79.0 Å². The summed E-state index contributed by atoms with van der Waals surface area (Å²) in [5, 5.41) is 2.87. The molecule has 160 valence electrons. The minimum Gasteiger partial charge on any atom is -0.379 e. The summed E-state index contributed by atoms with van der Waals surface area (Å²) in [6.07, 6.45) is 2.03. The normalized spacial score (nSPS) is 17.4. The first-order valence-electron chi connectivity index (χ1n) is 10.3. The van der Waals surface area contributed by atoms with Crippen molar-refractivity contribution in [3.8, 4) is 0 Å². The Hall–Kier alpha value is -2.42. The lowest BCUT2D eigenvalue weighted by molar-refractivity contribution is -0.115. The molecule has 2 aromatic rings. The lowest BCUT2D eigenvalue weighted by Gasteiger charge is -2.30. The van der Waals surface area contributed by atoms with E-state index in [0.717, 1.165) is 25.1 Å². The van der Waals surface area contributed by atoms with E-state index >= 15 is 0 Å². The van der Waals surface area contributed by atoms with Crippen LogP contribution in [0, 0.1) is 6.92 Å². The zero-order chi connectivity index (χ0) is 21.1. The first-order valence-corrected chi connectivity index (χ1v) is 11.7. The number of carbonyl (C=O) groups is 1. The highest BCUT2D eigenvalue weighted by atomic mass is 32.2. The highest BCUT2D eigenvalue weighted by Crippen LogP contribution is 2.27. The second-order valence-electron chi connectivity index (χ2n) is 7.70. The van der Waals surface area contributed by atoms with Gasteiger partial charge in [0.2, 0.25) is 15.9 Å². The molecule has 2 aliphatic rings. The van der Waals surface area contributed by atoms with Crippen LogP contribution in [0.25, 0.3) is 0 Å². The van der Waals surface area contributed by atoms with Crippen LogP contribution in [0.4, 0.5) is 11.4 Å². The van der Waals surface area contributed by atoms with Crippen molar-refractivity contribution in [1.29, 1.82) is 0 Å². The van der Waals surface area contributed by atoms with Crippen molar-refractivity contribution in [3.05, 3.63) is 53.6 Å². The van der Waals surface area contributed by atoms with Gasteiger partial charge < -0.3 is 15.0 Å². The minimum absolute atomic E-state index is 0.162. The van der Waals surface area contributed by atoms with Gasteiger partial charge in [0.1, 0.15) is 0 Å². The molecule has 2 aliphatic heterocycles. The minimum atomic E-state index is -3.63. The summed E-state index contributed by atoms with van der Waals surface area (Å²) < 4.78 is 32.8. The Morgan fingerprint density at radius 1 is 1.10 bits per heavy atom. The third kappa shape index (κ3) is 4.35. The van der Waals surface area contributed by atoms with Crippen molar-refractivity contribution in [2.75, 3.05) is 49.6 Å². The molecule has 7 nitrogen and oxygen atoms in total. The van der Waals surface area contributed by atoms with Gasteiger partial charge in [0.05, 0.1) is 24.7 Å². The van der Waals surface area contributed by atoms with Crippen molar-refractivity contribution in [1.82, 2.24) is 4.31 Å². The molecule has 8 heteroatoms. The van der Waals surface area contributed by atoms with Crippen LogP contribution in [0.5, 0.6) is 0 Å². The molecule has 1 fully saturated rings. The number of aryl methyl sites for hydroxylation is 2. The smallest absolute Gasteiger partial charge is 0.243 e. The van der Waals surface area contributed by atoms with Gasteiger partial charge in [-0.25, -0.2) is 8.42 Å². The van der Waals surface area contributed by atoms with Crippen LogP contribution in [0.1, 0.15) is 17.5 Å². The highest BCUT2D eigenvalue weighted by Gasteiger charge is 2.28. The number of benzene rings is 2. The van der Waals surface area contributed by atoms with Crippen molar-refractivity contribution in [2.45, 2.75) is 24.7 Å². The molecular weight excluding hydrogens is 402 g/mol. The molecule has 0 atom stereocenters. The molecule has 0 aromatic heterocycles. The number of fused-ring (bicyclic) bond motifs is 1. The van der Waals surface area contributed by atoms with E-state index in [-0.39, 0.29) is 17.3 Å². The lowest BCUT2D eigenvalue weighted by atomic mass is 10.0. The summed E-state index contributed by atoms with van der Waals surface area (Å²) in [6, 6.07) is 13.2. The Morgan fingerprint density at radius 2 is 1.87 bits per heavy atom. The lowest BCUT2D eigenvalue weighted by Crippen LogP contribution is -2.40. The van der Waals surface area contributed by atoms with E-state index in [4.69, 9.17) is 4.74 Å². The number of para-hydroxylation sites is 1. The van der Waals surface area contributed by atoms with Gasteiger partial charge in [0.25, 0.3) is 0 Å². The third-order valence-corrected chi connectivity index (χ3v) is 7.64. The van der Waals surface area contributed by atoms with Gasteiger partial charge in [-0.15, -0.1) is 0 Å². The number of sulfonamides is 1. The Balaban J connectivity index is 1.49. The molecule has 1 N–H and O–H groups in total. The number of ether oxygens (including phenoxy) is 1. The van der Waals surface area contributed by atoms with Crippen LogP contribution < -0.4 is 10.2 Å². The largest absolute Gasteiger partial charge is 0.379 e. The summed E-state index contributed by atoms with van der Waals surface area (Å²) >= 11 is 0. The van der Waals surface area contributed by atoms with Crippen LogP contribution in [-0.2, 0) is 26.0 Å². The Morgan fingerprint density at radius 3 is 2.67 bits per heavy atom. The molecular formula is C22H27N3O4S. The van der Waals surface area contributed by atoms with Gasteiger partial charge in [-0.1, -0.05) is 24.3 Å². The Kier molecular flexibility index (Phi) is 6.08. The van der Waals surface area contributed by atoms with Crippen molar-refractivity contribution < 1.29 is 17.9 Å². The third-order valence-electron chi connectivity index (χ3n) is 5.60. The van der Waals surface area contributed by atoms with E-state index in [1.807, 2.05) is 18.2 Å². The standard InChI is InChI=1S/C22H27N3O4S/c1-17-8-9-19(15-21(17)30(27,28)25-11-13-29-14-12-25)23-22(26)16-24-10-4-6-18-5-2-3-7-20(18)24/h2-3,5,7-9,15H,4,6,10-14,16H2,1H3,(H,23,26). The first kappa shape index (κ1) is 20.8. The fourth-order valence-electron chi connectivity index (χ4n) is 4.03. The summed E-state index contributed by atoms with van der Waals surface area (Å²) in [5.74, 6) is -0.162. The highest BCUT2D eigenvalue weighted by molar-refractivity contribution is 7.89. The molecule has 2 aromatic carbocycles. The van der Waals surface area contributed by atoms with E-state index in [1.54, 1.807) is 25.1 Å². The molecule has 0 saturated carbocycles. The molecule has 30 heavy (non-hydrogen) atoms. The van der Waals surface area contributed by atoms with Crippen LogP contribution >= 0.6 is 0 Å². The van der Waals surface area contributed by atoms with Gasteiger partial charge in [-0.05, 0) is 49.1 Å². The molecule has 0 bridgehead atoms. The molecule has 0 radical (unpaired) electrons. The van der Waals surface area contributed by atoms with Gasteiger partial charge >= 0.3 is 0 Å². The summed E-state index contributed by atoms with van der Waals surface area (Å²) in [4.78, 5) is 15.0. The van der Waals surface area contributed by atoms with Gasteiger partial charge in [-0.3, -0.25) is 4.79 Å². The van der Waals surface area contributed by atoms with Crippen LogP contribution in [0.2, 0.25) is 0 Å². The number of nitrogens with zero attached hydrogens (tertiary/aromatic N) is 2. The molecule has 0 aliphatic carbocycles. The van der Waals surface area contributed by atoms with E-state index in [0.29, 0.717) is 37.6 Å². The SMILES string of the molecule is Cc1ccc(NC(=O)CN2CCCc3ccccc32)cc1S(=O)(=O)N1CCOCC1. The number of rotatable bonds is 5. The average molecular weight is 430 g/mol. The fraction of sp³-hybridized carbons (Fsp3) is 0.409. The maximum absolute atomic E-state index is 13.0. The van der Waals surface area contributed by atoms with Gasteiger partial charge in [0, 0.05) is 31.0 Å². The van der Waals surface area contributed by atoms with Crippen LogP contribution in [0.3, 0.4) is 0 Å². The summed E-state index contributed by atoms with van der Waals surface area (Å²) in [6.45, 7) is 4.30. The summed E-state index contributed by atoms with van der Waals surface area (Å²) in [7, 11) is -3.63. The van der Waals surface area contributed by atoms with Gasteiger partial charge in [-0.2, -0.15) is 4.31 Å². The average Bonchev–Trinajstić information content (AvgIpc) is 2.76. The number of hydrogen-bond acceptors (Lipinski definition) is 5. The maximum Gasteiger partial charge on any atom is 0.243 e. The quantitative estimate of drug-likeness (QED) is 0.790.